The third kappa shape index (κ3) is 2.56. The van der Waals surface area contributed by atoms with Crippen molar-refractivity contribution in [2.24, 2.45) is 0 Å². The van der Waals surface area contributed by atoms with Crippen LogP contribution in [-0.4, -0.2) is 22.6 Å². The largest absolute Gasteiger partial charge is 0.425 e. The molecular weight excluding hydrogens is 279 g/mol. The zero-order chi connectivity index (χ0) is 14.9. The Morgan fingerprint density at radius 3 is 2.50 bits per heavy atom. The quantitative estimate of drug-likeness (QED) is 0.636. The maximum absolute atomic E-state index is 13.1. The number of dihydropyridines is 1. The lowest BCUT2D eigenvalue weighted by Crippen LogP contribution is -2.29. The second-order valence-corrected chi connectivity index (χ2v) is 3.92. The third-order valence-electron chi connectivity index (χ3n) is 2.63. The highest BCUT2D eigenvalue weighted by atomic mass is 19.4. The van der Waals surface area contributed by atoms with Crippen LogP contribution in [0.3, 0.4) is 0 Å². The van der Waals surface area contributed by atoms with Gasteiger partial charge in [-0.1, -0.05) is 0 Å². The lowest BCUT2D eigenvalue weighted by molar-refractivity contribution is -0.424. The molecule has 1 aromatic rings. The highest BCUT2D eigenvalue weighted by Crippen LogP contribution is 2.37. The van der Waals surface area contributed by atoms with Crippen LogP contribution in [0.1, 0.15) is 5.56 Å². The highest BCUT2D eigenvalue weighted by molar-refractivity contribution is 5.72. The Balaban J connectivity index is 2.66. The van der Waals surface area contributed by atoms with E-state index in [2.05, 4.69) is 10.3 Å². The maximum atomic E-state index is 13.1. The normalized spacial score (nSPS) is 15.7. The van der Waals surface area contributed by atoms with E-state index in [9.17, 15) is 28.1 Å². The second-order valence-electron chi connectivity index (χ2n) is 3.92. The summed E-state index contributed by atoms with van der Waals surface area (Å²) in [4.78, 5) is 22.8. The van der Waals surface area contributed by atoms with E-state index in [1.165, 1.54) is 0 Å². The molecule has 2 rings (SSSR count). The molecule has 0 aliphatic carbocycles. The van der Waals surface area contributed by atoms with Crippen LogP contribution in [0, 0.1) is 10.1 Å². The van der Waals surface area contributed by atoms with Crippen molar-refractivity contribution in [3.63, 3.8) is 0 Å². The molecule has 0 spiro atoms. The van der Waals surface area contributed by atoms with E-state index in [4.69, 9.17) is 0 Å². The van der Waals surface area contributed by atoms with Gasteiger partial charge in [-0.15, -0.1) is 0 Å². The van der Waals surface area contributed by atoms with Crippen molar-refractivity contribution in [3.05, 3.63) is 61.7 Å². The van der Waals surface area contributed by atoms with Crippen molar-refractivity contribution >= 4 is 5.70 Å². The first-order chi connectivity index (χ1) is 9.30. The van der Waals surface area contributed by atoms with Gasteiger partial charge in [-0.2, -0.15) is 13.2 Å². The Labute approximate surface area is 109 Å². The van der Waals surface area contributed by atoms with Crippen LogP contribution in [0.4, 0.5) is 13.2 Å². The zero-order valence-corrected chi connectivity index (χ0v) is 9.82. The monoisotopic (exact) mass is 287 g/mol. The molecule has 20 heavy (non-hydrogen) atoms. The van der Waals surface area contributed by atoms with Crippen LogP contribution >= 0.6 is 0 Å². The van der Waals surface area contributed by atoms with E-state index in [0.717, 1.165) is 24.4 Å². The predicted molar refractivity (Wildman–Crippen MR) is 63.1 cm³/mol. The van der Waals surface area contributed by atoms with Gasteiger partial charge in [0, 0.05) is 30.4 Å². The van der Waals surface area contributed by atoms with Crippen molar-refractivity contribution in [1.29, 1.82) is 0 Å². The van der Waals surface area contributed by atoms with Gasteiger partial charge in [0.05, 0.1) is 10.6 Å². The Morgan fingerprint density at radius 1 is 1.30 bits per heavy atom. The number of alkyl halides is 3. The first-order valence-corrected chi connectivity index (χ1v) is 5.40. The topological polar surface area (TPSA) is 88.0 Å². The number of nitro groups is 1. The molecule has 0 aromatic carbocycles. The van der Waals surface area contributed by atoms with Gasteiger partial charge in [-0.25, -0.2) is 0 Å². The average Bonchev–Trinajstić information content (AvgIpc) is 2.37. The summed E-state index contributed by atoms with van der Waals surface area (Å²) < 4.78 is 39.2. The SMILES string of the molecule is O=c1ccc(C2=C(C(F)(F)F)C([N+](=O)[O-])=CCN2)c[nH]1. The van der Waals surface area contributed by atoms with Crippen LogP contribution in [0.2, 0.25) is 0 Å². The molecule has 9 heteroatoms. The summed E-state index contributed by atoms with van der Waals surface area (Å²) in [5.41, 5.74) is -3.26. The van der Waals surface area contributed by atoms with Gasteiger partial charge in [0.25, 0.3) is 5.70 Å². The van der Waals surface area contributed by atoms with Crippen molar-refractivity contribution < 1.29 is 18.1 Å². The smallest absolute Gasteiger partial charge is 0.380 e. The molecule has 1 aliphatic rings. The molecular formula is C11H8F3N3O3. The van der Waals surface area contributed by atoms with Gasteiger partial charge >= 0.3 is 6.18 Å². The number of H-pyrrole nitrogens is 1. The summed E-state index contributed by atoms with van der Waals surface area (Å²) >= 11 is 0. The van der Waals surface area contributed by atoms with Crippen molar-refractivity contribution in [3.8, 4) is 0 Å². The Morgan fingerprint density at radius 2 is 2.00 bits per heavy atom. The minimum atomic E-state index is -4.89. The molecule has 0 bridgehead atoms. The number of halogens is 3. The van der Waals surface area contributed by atoms with E-state index in [0.29, 0.717) is 0 Å². The van der Waals surface area contributed by atoms with Gasteiger partial charge in [0.1, 0.15) is 0 Å². The average molecular weight is 287 g/mol. The number of allylic oxidation sites excluding steroid dienone is 1. The molecule has 106 valence electrons. The number of pyridine rings is 1. The van der Waals surface area contributed by atoms with Crippen LogP contribution in [0.15, 0.2) is 40.5 Å². The predicted octanol–water partition coefficient (Wildman–Crippen LogP) is 1.41. The van der Waals surface area contributed by atoms with Gasteiger partial charge in [0.15, 0.2) is 5.57 Å². The van der Waals surface area contributed by atoms with Gasteiger partial charge < -0.3 is 10.3 Å². The molecule has 0 fully saturated rings. The Hall–Kier alpha value is -2.58. The maximum Gasteiger partial charge on any atom is 0.425 e. The highest BCUT2D eigenvalue weighted by Gasteiger charge is 2.45. The molecule has 2 heterocycles. The minimum absolute atomic E-state index is 0.0179. The second kappa shape index (κ2) is 4.83. The molecule has 2 N–H and O–H groups in total. The lowest BCUT2D eigenvalue weighted by Gasteiger charge is -2.20. The van der Waals surface area contributed by atoms with E-state index < -0.39 is 33.6 Å². The fourth-order valence-corrected chi connectivity index (χ4v) is 1.83. The molecule has 0 radical (unpaired) electrons. The van der Waals surface area contributed by atoms with Crippen molar-refractivity contribution in [1.82, 2.24) is 10.3 Å². The first-order valence-electron chi connectivity index (χ1n) is 5.40. The summed E-state index contributed by atoms with van der Waals surface area (Å²) in [6, 6.07) is 2.21. The fourth-order valence-electron chi connectivity index (χ4n) is 1.83. The van der Waals surface area contributed by atoms with Gasteiger partial charge in [0.2, 0.25) is 5.56 Å². The number of rotatable bonds is 2. The van der Waals surface area contributed by atoms with Crippen molar-refractivity contribution in [2.45, 2.75) is 6.18 Å². The molecule has 0 amide bonds. The van der Waals surface area contributed by atoms with Crippen molar-refractivity contribution in [2.75, 3.05) is 6.54 Å². The van der Waals surface area contributed by atoms with Crippen LogP contribution in [-0.2, 0) is 0 Å². The molecule has 0 saturated carbocycles. The van der Waals surface area contributed by atoms with E-state index in [1.807, 2.05) is 0 Å². The number of aromatic nitrogens is 1. The molecule has 1 aromatic heterocycles. The third-order valence-corrected chi connectivity index (χ3v) is 2.63. The summed E-state index contributed by atoms with van der Waals surface area (Å²) in [7, 11) is 0. The number of nitrogens with zero attached hydrogens (tertiary/aromatic N) is 1. The van der Waals surface area contributed by atoms with Crippen LogP contribution < -0.4 is 10.9 Å². The molecule has 0 atom stereocenters. The van der Waals surface area contributed by atoms with E-state index in [1.54, 1.807) is 0 Å². The summed E-state index contributed by atoms with van der Waals surface area (Å²) in [5, 5.41) is 13.2. The first kappa shape index (κ1) is 13.8. The summed E-state index contributed by atoms with van der Waals surface area (Å²) in [6.07, 6.45) is -2.96. The Bertz CT molecular complexity index is 653. The van der Waals surface area contributed by atoms with E-state index >= 15 is 0 Å². The Kier molecular flexibility index (Phi) is 3.35. The number of hydrogen-bond donors (Lipinski definition) is 2. The zero-order valence-electron chi connectivity index (χ0n) is 9.82. The summed E-state index contributed by atoms with van der Waals surface area (Å²) in [5.74, 6) is 0. The molecule has 1 aliphatic heterocycles. The molecule has 0 saturated heterocycles. The van der Waals surface area contributed by atoms with Crippen LogP contribution in [0.25, 0.3) is 5.70 Å². The number of nitrogens with one attached hydrogen (secondary N) is 2. The molecule has 6 nitrogen and oxygen atoms in total. The van der Waals surface area contributed by atoms with Gasteiger partial charge in [-0.3, -0.25) is 14.9 Å². The molecule has 0 unspecified atom stereocenters. The minimum Gasteiger partial charge on any atom is -0.380 e. The van der Waals surface area contributed by atoms with Gasteiger partial charge in [-0.05, 0) is 6.07 Å². The fraction of sp³-hybridized carbons (Fsp3) is 0.182. The summed E-state index contributed by atoms with van der Waals surface area (Å²) in [6.45, 7) is -0.107. The number of aromatic amines is 1. The van der Waals surface area contributed by atoms with E-state index in [-0.39, 0.29) is 12.1 Å². The van der Waals surface area contributed by atoms with Crippen LogP contribution in [0.5, 0.6) is 0 Å². The standard InChI is InChI=1S/C11H8F3N3O3/c12-11(13,14)9-7(17(19)20)3-4-15-10(9)6-1-2-8(18)16-5-6/h1-3,5,15H,4H2,(H,16,18). The number of hydrogen-bond acceptors (Lipinski definition) is 4. The lowest BCUT2D eigenvalue weighted by atomic mass is 10.0.